The van der Waals surface area contributed by atoms with Gasteiger partial charge in [-0.05, 0) is 103 Å². The van der Waals surface area contributed by atoms with Gasteiger partial charge in [-0.3, -0.25) is 9.80 Å². The molecule has 2 aromatic carbocycles. The van der Waals surface area contributed by atoms with Crippen molar-refractivity contribution in [1.29, 1.82) is 0 Å². The molecule has 4 aromatic rings. The van der Waals surface area contributed by atoms with Gasteiger partial charge in [0.15, 0.2) is 0 Å². The quantitative estimate of drug-likeness (QED) is 0.237. The van der Waals surface area contributed by atoms with Crippen LogP contribution in [-0.2, 0) is 9.47 Å². The van der Waals surface area contributed by atoms with Crippen molar-refractivity contribution >= 4 is 23.0 Å². The first kappa shape index (κ1) is 30.3. The number of carbonyl (C=O) groups excluding carboxylic acids is 2. The molecule has 0 bridgehead atoms. The number of amides is 2. The molecule has 0 unspecified atom stereocenters. The molecule has 1 saturated carbocycles. The fraction of sp³-hybridized carbons (Fsp3) is 0.500. The highest BCUT2D eigenvalue weighted by Crippen LogP contribution is 2.53. The number of nitrogens with one attached hydrogen (secondary N) is 2. The van der Waals surface area contributed by atoms with Crippen LogP contribution in [0.1, 0.15) is 97.9 Å². The third-order valence-electron chi connectivity index (χ3n) is 9.27. The third kappa shape index (κ3) is 5.85. The number of hydrogen-bond acceptors (Lipinski definition) is 6. The molecule has 242 valence electrons. The first-order valence-electron chi connectivity index (χ1n) is 16.4. The predicted molar refractivity (Wildman–Crippen MR) is 176 cm³/mol. The summed E-state index contributed by atoms with van der Waals surface area (Å²) in [4.78, 5) is 46.2. The van der Waals surface area contributed by atoms with Gasteiger partial charge in [-0.15, -0.1) is 0 Å². The molecule has 2 saturated heterocycles. The van der Waals surface area contributed by atoms with Crippen LogP contribution in [-0.4, -0.2) is 65.2 Å². The number of carbonyl (C=O) groups is 2. The standard InChI is InChI=1S/C36H44N6O4/c1-20-8-13-28(41(20)33(43)45-35(2,3)4)31-37-18-26(39-31)23-11-9-22-15-24(12-10-21(22)14-23)27-19-38-32(40-27)30-17-25-16-29(25)42(30)34(44)46-36(5,6)7/h9-12,14-15,18-20,25,28-30H,8,13,16-17H2,1-7H3,(H,37,39)(H,38,40)/t20-,25+,28-,29+,30-/m0/s1. The van der Waals surface area contributed by atoms with Crippen molar-refractivity contribution in [2.24, 2.45) is 5.92 Å². The maximum absolute atomic E-state index is 13.0. The topological polar surface area (TPSA) is 116 Å². The van der Waals surface area contributed by atoms with Crippen LogP contribution in [0.25, 0.3) is 33.3 Å². The highest BCUT2D eigenvalue weighted by Gasteiger charge is 2.56. The summed E-state index contributed by atoms with van der Waals surface area (Å²) in [5.41, 5.74) is 2.80. The molecule has 10 heteroatoms. The van der Waals surface area contributed by atoms with E-state index in [1.54, 1.807) is 0 Å². The number of nitrogens with zero attached hydrogens (tertiary/aromatic N) is 4. The summed E-state index contributed by atoms with van der Waals surface area (Å²) in [6.07, 6.45) is 6.84. The van der Waals surface area contributed by atoms with Gasteiger partial charge in [-0.2, -0.15) is 0 Å². The monoisotopic (exact) mass is 624 g/mol. The van der Waals surface area contributed by atoms with Crippen LogP contribution in [0.4, 0.5) is 9.59 Å². The highest BCUT2D eigenvalue weighted by molar-refractivity contribution is 5.90. The Labute approximate surface area is 269 Å². The number of rotatable bonds is 4. The molecule has 46 heavy (non-hydrogen) atoms. The van der Waals surface area contributed by atoms with Gasteiger partial charge in [0.25, 0.3) is 0 Å². The van der Waals surface area contributed by atoms with Gasteiger partial charge in [-0.25, -0.2) is 19.6 Å². The number of piperidine rings is 1. The van der Waals surface area contributed by atoms with Crippen molar-refractivity contribution in [3.05, 3.63) is 60.4 Å². The lowest BCUT2D eigenvalue weighted by molar-refractivity contribution is 0.0147. The molecule has 2 aromatic heterocycles. The Hall–Kier alpha value is -4.34. The molecule has 2 N–H and O–H groups in total. The van der Waals surface area contributed by atoms with E-state index in [0.717, 1.165) is 70.6 Å². The van der Waals surface area contributed by atoms with Gasteiger partial charge >= 0.3 is 12.2 Å². The van der Waals surface area contributed by atoms with E-state index in [0.29, 0.717) is 5.92 Å². The van der Waals surface area contributed by atoms with Crippen LogP contribution < -0.4 is 0 Å². The molecule has 0 radical (unpaired) electrons. The van der Waals surface area contributed by atoms with Gasteiger partial charge < -0.3 is 19.4 Å². The van der Waals surface area contributed by atoms with Crippen LogP contribution in [0.2, 0.25) is 0 Å². The van der Waals surface area contributed by atoms with Crippen LogP contribution in [0.15, 0.2) is 48.8 Å². The Bertz CT molecular complexity index is 1680. The predicted octanol–water partition coefficient (Wildman–Crippen LogP) is 8.15. The normalized spacial score (nSPS) is 24.4. The number of hydrogen-bond donors (Lipinski definition) is 2. The van der Waals surface area contributed by atoms with Crippen LogP contribution in [0.3, 0.4) is 0 Å². The average Bonchev–Trinajstić information content (AvgIpc) is 3.46. The van der Waals surface area contributed by atoms with Crippen molar-refractivity contribution in [3.8, 4) is 22.5 Å². The van der Waals surface area contributed by atoms with Gasteiger partial charge in [0.2, 0.25) is 0 Å². The van der Waals surface area contributed by atoms with E-state index >= 15 is 0 Å². The second kappa shape index (κ2) is 10.9. The van der Waals surface area contributed by atoms with E-state index in [-0.39, 0.29) is 36.4 Å². The highest BCUT2D eigenvalue weighted by atomic mass is 16.6. The fourth-order valence-electron chi connectivity index (χ4n) is 7.04. The van der Waals surface area contributed by atoms with E-state index in [1.165, 1.54) is 0 Å². The van der Waals surface area contributed by atoms with Crippen LogP contribution >= 0.6 is 0 Å². The number of H-pyrrole nitrogens is 2. The van der Waals surface area contributed by atoms with Crippen molar-refractivity contribution in [2.45, 2.75) is 110 Å². The first-order chi connectivity index (χ1) is 21.7. The summed E-state index contributed by atoms with van der Waals surface area (Å²) in [7, 11) is 0. The molecule has 10 nitrogen and oxygen atoms in total. The van der Waals surface area contributed by atoms with Gasteiger partial charge in [0, 0.05) is 23.2 Å². The van der Waals surface area contributed by atoms with Crippen molar-refractivity contribution in [1.82, 2.24) is 29.7 Å². The molecular weight excluding hydrogens is 580 g/mol. The van der Waals surface area contributed by atoms with E-state index in [9.17, 15) is 9.59 Å². The zero-order valence-corrected chi connectivity index (χ0v) is 27.8. The van der Waals surface area contributed by atoms with E-state index in [1.807, 2.05) is 63.7 Å². The van der Waals surface area contributed by atoms with Crippen LogP contribution in [0, 0.1) is 5.92 Å². The summed E-state index contributed by atoms with van der Waals surface area (Å²) in [5.74, 6) is 2.11. The maximum Gasteiger partial charge on any atom is 0.411 e. The SMILES string of the molecule is C[C@H]1CC[C@@H](c2ncc(-c3ccc4cc(-c5cnc([C@@H]6C[C@H]7C[C@H]7N6C(=O)OC(C)(C)C)[nH]5)ccc4c3)[nH]2)N1C(=O)OC(C)(C)C. The van der Waals surface area contributed by atoms with Crippen molar-refractivity contribution in [2.75, 3.05) is 0 Å². The summed E-state index contributed by atoms with van der Waals surface area (Å²) in [6, 6.07) is 12.8. The first-order valence-corrected chi connectivity index (χ1v) is 16.4. The molecule has 7 rings (SSSR count). The Morgan fingerprint density at radius 3 is 1.80 bits per heavy atom. The lowest BCUT2D eigenvalue weighted by Gasteiger charge is -2.30. The van der Waals surface area contributed by atoms with Crippen molar-refractivity contribution in [3.63, 3.8) is 0 Å². The Kier molecular flexibility index (Phi) is 7.17. The number of fused-ring (bicyclic) bond motifs is 2. The van der Waals surface area contributed by atoms with Gasteiger partial charge in [0.1, 0.15) is 22.9 Å². The van der Waals surface area contributed by atoms with Crippen LogP contribution in [0.5, 0.6) is 0 Å². The smallest absolute Gasteiger partial charge is 0.411 e. The molecular formula is C36H44N6O4. The number of imidazole rings is 2. The van der Waals surface area contributed by atoms with E-state index in [4.69, 9.17) is 19.4 Å². The number of ether oxygens (including phenoxy) is 2. The Morgan fingerprint density at radius 2 is 1.26 bits per heavy atom. The van der Waals surface area contributed by atoms with Gasteiger partial charge in [-0.1, -0.05) is 24.3 Å². The Morgan fingerprint density at radius 1 is 0.739 bits per heavy atom. The van der Waals surface area contributed by atoms with Gasteiger partial charge in [0.05, 0.1) is 35.9 Å². The molecule has 2 amide bonds. The van der Waals surface area contributed by atoms with Crippen molar-refractivity contribution < 1.29 is 19.1 Å². The number of likely N-dealkylation sites (tertiary alicyclic amines) is 2. The molecule has 5 atom stereocenters. The maximum atomic E-state index is 13.0. The molecule has 4 heterocycles. The Balaban J connectivity index is 1.08. The third-order valence-corrected chi connectivity index (χ3v) is 9.27. The molecule has 0 spiro atoms. The second-order valence-electron chi connectivity index (χ2n) is 15.2. The van der Waals surface area contributed by atoms with E-state index in [2.05, 4.69) is 53.3 Å². The molecule has 3 fully saturated rings. The summed E-state index contributed by atoms with van der Waals surface area (Å²) >= 11 is 0. The average molecular weight is 625 g/mol. The van der Waals surface area contributed by atoms with E-state index < -0.39 is 11.2 Å². The minimum atomic E-state index is -0.553. The zero-order valence-electron chi connectivity index (χ0n) is 27.8. The fourth-order valence-corrected chi connectivity index (χ4v) is 7.04. The lowest BCUT2D eigenvalue weighted by atomic mass is 10.0. The second-order valence-corrected chi connectivity index (χ2v) is 15.2. The lowest BCUT2D eigenvalue weighted by Crippen LogP contribution is -2.40. The summed E-state index contributed by atoms with van der Waals surface area (Å²) in [6.45, 7) is 13.4. The number of aromatic amines is 2. The molecule has 3 aliphatic rings. The minimum absolute atomic E-state index is 0.0851. The number of aromatic nitrogens is 4. The summed E-state index contributed by atoms with van der Waals surface area (Å²) < 4.78 is 11.4. The largest absolute Gasteiger partial charge is 0.444 e. The molecule has 1 aliphatic carbocycles. The molecule has 2 aliphatic heterocycles. The summed E-state index contributed by atoms with van der Waals surface area (Å²) in [5, 5.41) is 2.21. The number of benzene rings is 2. The minimum Gasteiger partial charge on any atom is -0.444 e. The zero-order chi connectivity index (χ0) is 32.5.